The molecule has 2 aliphatic rings. The second kappa shape index (κ2) is 8.59. The summed E-state index contributed by atoms with van der Waals surface area (Å²) in [5.74, 6) is 1.85. The summed E-state index contributed by atoms with van der Waals surface area (Å²) in [4.78, 5) is 26.1. The number of piperidine rings is 2. The molecule has 148 valence electrons. The van der Waals surface area contributed by atoms with Gasteiger partial charge in [-0.2, -0.15) is 4.98 Å². The number of likely N-dealkylation sites (tertiary alicyclic amines) is 1. The maximum Gasteiger partial charge on any atom is 0.253 e. The second-order valence-electron chi connectivity index (χ2n) is 7.87. The molecule has 0 unspecified atom stereocenters. The number of nitrogens with zero attached hydrogens (tertiary/aromatic N) is 4. The summed E-state index contributed by atoms with van der Waals surface area (Å²) >= 11 is 0. The Labute approximate surface area is 167 Å². The van der Waals surface area contributed by atoms with Gasteiger partial charge >= 0.3 is 0 Å². The van der Waals surface area contributed by atoms with Gasteiger partial charge in [-0.25, -0.2) is 4.98 Å². The molecule has 2 aromatic rings. The lowest BCUT2D eigenvalue weighted by Crippen LogP contribution is -2.42. The minimum Gasteiger partial charge on any atom is -0.367 e. The molecule has 28 heavy (non-hydrogen) atoms. The predicted molar refractivity (Wildman–Crippen MR) is 112 cm³/mol. The fourth-order valence-corrected chi connectivity index (χ4v) is 3.99. The highest BCUT2D eigenvalue weighted by atomic mass is 16.2. The highest BCUT2D eigenvalue weighted by molar-refractivity contribution is 5.94. The quantitative estimate of drug-likeness (QED) is 0.881. The first-order valence-corrected chi connectivity index (χ1v) is 10.4. The maximum absolute atomic E-state index is 12.7. The van der Waals surface area contributed by atoms with E-state index in [1.54, 1.807) is 0 Å². The number of aromatic nitrogens is 2. The van der Waals surface area contributed by atoms with E-state index in [1.165, 1.54) is 24.8 Å². The minimum absolute atomic E-state index is 0.132. The summed E-state index contributed by atoms with van der Waals surface area (Å²) in [6.45, 7) is 5.67. The Hall–Kier alpha value is -2.63. The number of hydrogen-bond donors (Lipinski definition) is 1. The number of amides is 1. The van der Waals surface area contributed by atoms with Crippen molar-refractivity contribution in [3.05, 3.63) is 47.7 Å². The average molecular weight is 380 g/mol. The van der Waals surface area contributed by atoms with Gasteiger partial charge in [0.1, 0.15) is 5.82 Å². The monoisotopic (exact) mass is 379 g/mol. The lowest BCUT2D eigenvalue weighted by molar-refractivity contribution is 0.0718. The van der Waals surface area contributed by atoms with Crippen molar-refractivity contribution in [3.8, 4) is 0 Å². The van der Waals surface area contributed by atoms with E-state index in [-0.39, 0.29) is 5.91 Å². The molecular formula is C22H29N5O. The van der Waals surface area contributed by atoms with Crippen molar-refractivity contribution in [1.29, 1.82) is 0 Å². The standard InChI is InChI=1S/C22H29N5O/c1-17-5-7-18(8-6-17)21(28)26-15-10-19(11-16-26)24-20-9-12-23-22(25-20)27-13-3-2-4-14-27/h5-9,12,19H,2-4,10-11,13-16H2,1H3,(H,23,24,25). The molecule has 0 spiro atoms. The van der Waals surface area contributed by atoms with Crippen LogP contribution in [0.5, 0.6) is 0 Å². The number of rotatable bonds is 4. The van der Waals surface area contributed by atoms with Crippen LogP contribution in [0.3, 0.4) is 0 Å². The van der Waals surface area contributed by atoms with Gasteiger partial charge in [-0.15, -0.1) is 0 Å². The van der Waals surface area contributed by atoms with E-state index in [0.717, 1.165) is 56.4 Å². The molecule has 6 heteroatoms. The third-order valence-electron chi connectivity index (χ3n) is 5.71. The van der Waals surface area contributed by atoms with Crippen LogP contribution in [0.2, 0.25) is 0 Å². The molecule has 0 aliphatic carbocycles. The van der Waals surface area contributed by atoms with E-state index in [1.807, 2.05) is 48.4 Å². The summed E-state index contributed by atoms with van der Waals surface area (Å²) < 4.78 is 0. The Morgan fingerprint density at radius 1 is 1.00 bits per heavy atom. The van der Waals surface area contributed by atoms with Crippen LogP contribution in [-0.4, -0.2) is 53.0 Å². The number of carbonyl (C=O) groups is 1. The SMILES string of the molecule is Cc1ccc(C(=O)N2CCC(Nc3ccnc(N4CCCCC4)n3)CC2)cc1. The normalized spacial score (nSPS) is 18.2. The molecule has 4 rings (SSSR count). The summed E-state index contributed by atoms with van der Waals surface area (Å²) in [6.07, 6.45) is 7.44. The molecule has 2 saturated heterocycles. The molecule has 0 bridgehead atoms. The van der Waals surface area contributed by atoms with Gasteiger partial charge in [-0.1, -0.05) is 17.7 Å². The summed E-state index contributed by atoms with van der Waals surface area (Å²) in [5, 5.41) is 3.55. The molecule has 2 fully saturated rings. The minimum atomic E-state index is 0.132. The number of anilines is 2. The molecular weight excluding hydrogens is 350 g/mol. The highest BCUT2D eigenvalue weighted by Gasteiger charge is 2.24. The number of carbonyl (C=O) groups excluding carboxylic acids is 1. The molecule has 1 amide bonds. The lowest BCUT2D eigenvalue weighted by atomic mass is 10.0. The van der Waals surface area contributed by atoms with E-state index in [0.29, 0.717) is 6.04 Å². The van der Waals surface area contributed by atoms with Gasteiger partial charge in [-0.05, 0) is 57.2 Å². The Balaban J connectivity index is 1.32. The topological polar surface area (TPSA) is 61.4 Å². The third-order valence-corrected chi connectivity index (χ3v) is 5.71. The van der Waals surface area contributed by atoms with Crippen LogP contribution in [0, 0.1) is 6.92 Å². The molecule has 0 atom stereocenters. The average Bonchev–Trinajstić information content (AvgIpc) is 2.75. The summed E-state index contributed by atoms with van der Waals surface area (Å²) in [6, 6.07) is 10.1. The van der Waals surface area contributed by atoms with Gasteiger partial charge in [0.15, 0.2) is 0 Å². The van der Waals surface area contributed by atoms with Crippen LogP contribution in [0.25, 0.3) is 0 Å². The summed E-state index contributed by atoms with van der Waals surface area (Å²) in [7, 11) is 0. The summed E-state index contributed by atoms with van der Waals surface area (Å²) in [5.41, 5.74) is 1.95. The van der Waals surface area contributed by atoms with Gasteiger partial charge in [0.05, 0.1) is 0 Å². The Morgan fingerprint density at radius 3 is 2.43 bits per heavy atom. The third kappa shape index (κ3) is 4.43. The van der Waals surface area contributed by atoms with Crippen LogP contribution in [-0.2, 0) is 0 Å². The van der Waals surface area contributed by atoms with E-state index in [2.05, 4.69) is 15.2 Å². The fourth-order valence-electron chi connectivity index (χ4n) is 3.99. The van der Waals surface area contributed by atoms with E-state index < -0.39 is 0 Å². The Bertz CT molecular complexity index is 793. The fraction of sp³-hybridized carbons (Fsp3) is 0.500. The van der Waals surface area contributed by atoms with Crippen LogP contribution in [0.4, 0.5) is 11.8 Å². The number of nitrogens with one attached hydrogen (secondary N) is 1. The van der Waals surface area contributed by atoms with Gasteiger partial charge in [0.25, 0.3) is 5.91 Å². The van der Waals surface area contributed by atoms with E-state index in [9.17, 15) is 4.79 Å². The maximum atomic E-state index is 12.7. The van der Waals surface area contributed by atoms with Gasteiger partial charge in [0.2, 0.25) is 5.95 Å². The van der Waals surface area contributed by atoms with E-state index >= 15 is 0 Å². The zero-order valence-corrected chi connectivity index (χ0v) is 16.6. The Morgan fingerprint density at radius 2 is 1.71 bits per heavy atom. The van der Waals surface area contributed by atoms with E-state index in [4.69, 9.17) is 4.98 Å². The van der Waals surface area contributed by atoms with Crippen molar-refractivity contribution in [3.63, 3.8) is 0 Å². The first-order valence-electron chi connectivity index (χ1n) is 10.4. The molecule has 6 nitrogen and oxygen atoms in total. The van der Waals surface area contributed by atoms with Crippen molar-refractivity contribution >= 4 is 17.7 Å². The Kier molecular flexibility index (Phi) is 5.74. The molecule has 0 saturated carbocycles. The predicted octanol–water partition coefficient (Wildman–Crippen LogP) is 3.49. The van der Waals surface area contributed by atoms with Crippen molar-refractivity contribution < 1.29 is 4.79 Å². The molecule has 1 aromatic carbocycles. The lowest BCUT2D eigenvalue weighted by Gasteiger charge is -2.33. The van der Waals surface area contributed by atoms with Gasteiger partial charge in [0, 0.05) is 44.0 Å². The molecule has 0 radical (unpaired) electrons. The first-order chi connectivity index (χ1) is 13.7. The molecule has 1 aromatic heterocycles. The molecule has 1 N–H and O–H groups in total. The number of aryl methyl sites for hydroxylation is 1. The number of hydrogen-bond acceptors (Lipinski definition) is 5. The van der Waals surface area contributed by atoms with Crippen LogP contribution < -0.4 is 10.2 Å². The van der Waals surface area contributed by atoms with Crippen LogP contribution in [0.15, 0.2) is 36.5 Å². The number of benzene rings is 1. The van der Waals surface area contributed by atoms with Crippen molar-refractivity contribution in [1.82, 2.24) is 14.9 Å². The second-order valence-corrected chi connectivity index (χ2v) is 7.87. The smallest absolute Gasteiger partial charge is 0.253 e. The van der Waals surface area contributed by atoms with Gasteiger partial charge < -0.3 is 15.1 Å². The van der Waals surface area contributed by atoms with Crippen molar-refractivity contribution in [2.75, 3.05) is 36.4 Å². The molecule has 3 heterocycles. The largest absolute Gasteiger partial charge is 0.367 e. The zero-order valence-electron chi connectivity index (χ0n) is 16.6. The van der Waals surface area contributed by atoms with Gasteiger partial charge in [-0.3, -0.25) is 4.79 Å². The van der Waals surface area contributed by atoms with Crippen molar-refractivity contribution in [2.24, 2.45) is 0 Å². The zero-order chi connectivity index (χ0) is 19.3. The van der Waals surface area contributed by atoms with Crippen LogP contribution in [0.1, 0.15) is 48.0 Å². The van der Waals surface area contributed by atoms with Crippen molar-refractivity contribution in [2.45, 2.75) is 45.1 Å². The van der Waals surface area contributed by atoms with Crippen LogP contribution >= 0.6 is 0 Å². The first kappa shape index (κ1) is 18.7. The molecule has 2 aliphatic heterocycles. The highest BCUT2D eigenvalue weighted by Crippen LogP contribution is 2.20.